The van der Waals surface area contributed by atoms with Crippen LogP contribution in [0.25, 0.3) is 0 Å². The third kappa shape index (κ3) is 3.18. The Bertz CT molecular complexity index is 261. The molecule has 0 bridgehead atoms. The second-order valence-electron chi connectivity index (χ2n) is 2.42. The number of aromatic amines is 1. The maximum Gasteiger partial charge on any atom is 0.315 e. The Morgan fingerprint density at radius 2 is 2.46 bits per heavy atom. The van der Waals surface area contributed by atoms with Crippen molar-refractivity contribution in [3.05, 3.63) is 18.2 Å². The quantitative estimate of drug-likeness (QED) is 0.717. The number of halogens is 2. The highest BCUT2D eigenvalue weighted by Crippen LogP contribution is 1.93. The Kier molecular flexibility index (Phi) is 3.36. The Morgan fingerprint density at radius 1 is 1.69 bits per heavy atom. The topological polar surface area (TPSA) is 57.8 Å². The van der Waals surface area contributed by atoms with Crippen molar-refractivity contribution in [2.24, 2.45) is 0 Å². The van der Waals surface area contributed by atoms with Crippen molar-refractivity contribution in [3.8, 4) is 0 Å². The summed E-state index contributed by atoms with van der Waals surface area (Å²) >= 11 is 0. The first-order valence-electron chi connectivity index (χ1n) is 3.73. The van der Waals surface area contributed by atoms with Crippen LogP contribution in [0.5, 0.6) is 0 Å². The molecule has 13 heavy (non-hydrogen) atoms. The number of amides is 1. The molecule has 0 unspecified atom stereocenters. The maximum atomic E-state index is 11.7. The van der Waals surface area contributed by atoms with E-state index in [0.29, 0.717) is 6.42 Å². The monoisotopic (exact) mass is 189 g/mol. The van der Waals surface area contributed by atoms with Crippen LogP contribution in [0.3, 0.4) is 0 Å². The van der Waals surface area contributed by atoms with Gasteiger partial charge in [0, 0.05) is 24.9 Å². The van der Waals surface area contributed by atoms with Gasteiger partial charge in [0.15, 0.2) is 0 Å². The smallest absolute Gasteiger partial charge is 0.315 e. The van der Waals surface area contributed by atoms with Gasteiger partial charge in [-0.25, -0.2) is 4.98 Å². The lowest BCUT2D eigenvalue weighted by Crippen LogP contribution is -2.31. The summed E-state index contributed by atoms with van der Waals surface area (Å²) in [5.74, 6) is -1.24. The number of rotatable bonds is 4. The van der Waals surface area contributed by atoms with Gasteiger partial charge in [-0.15, -0.1) is 0 Å². The highest BCUT2D eigenvalue weighted by molar-refractivity contribution is 5.78. The second-order valence-corrected chi connectivity index (χ2v) is 2.42. The Hall–Kier alpha value is -1.46. The van der Waals surface area contributed by atoms with Gasteiger partial charge in [0.1, 0.15) is 0 Å². The van der Waals surface area contributed by atoms with Gasteiger partial charge in [-0.1, -0.05) is 0 Å². The molecule has 0 fully saturated rings. The third-order valence-corrected chi connectivity index (χ3v) is 1.45. The molecule has 0 saturated carbocycles. The van der Waals surface area contributed by atoms with E-state index in [0.717, 1.165) is 5.69 Å². The molecule has 0 aromatic carbocycles. The molecule has 1 aromatic heterocycles. The van der Waals surface area contributed by atoms with Crippen LogP contribution in [0.1, 0.15) is 5.69 Å². The zero-order valence-electron chi connectivity index (χ0n) is 6.76. The molecule has 2 N–H and O–H groups in total. The van der Waals surface area contributed by atoms with Crippen molar-refractivity contribution in [1.29, 1.82) is 0 Å². The van der Waals surface area contributed by atoms with Crippen LogP contribution in [0.2, 0.25) is 0 Å². The van der Waals surface area contributed by atoms with Gasteiger partial charge in [-0.2, -0.15) is 8.78 Å². The molecule has 0 radical (unpaired) electrons. The highest BCUT2D eigenvalue weighted by Gasteiger charge is 2.13. The number of nitrogens with zero attached hydrogens (tertiary/aromatic N) is 1. The van der Waals surface area contributed by atoms with Crippen molar-refractivity contribution in [2.45, 2.75) is 12.8 Å². The lowest BCUT2D eigenvalue weighted by atomic mass is 10.3. The fraction of sp³-hybridized carbons (Fsp3) is 0.429. The average Bonchev–Trinajstić information content (AvgIpc) is 2.56. The van der Waals surface area contributed by atoms with Gasteiger partial charge in [0.05, 0.1) is 6.33 Å². The van der Waals surface area contributed by atoms with Crippen molar-refractivity contribution >= 4 is 5.91 Å². The Labute approximate surface area is 73.4 Å². The van der Waals surface area contributed by atoms with Crippen LogP contribution >= 0.6 is 0 Å². The zero-order valence-corrected chi connectivity index (χ0v) is 6.76. The summed E-state index contributed by atoms with van der Waals surface area (Å²) in [6.07, 6.45) is 0.596. The minimum absolute atomic E-state index is 0.186. The largest absolute Gasteiger partial charge is 0.351 e. The van der Waals surface area contributed by atoms with Crippen LogP contribution in [0.4, 0.5) is 8.78 Å². The fourth-order valence-electron chi connectivity index (χ4n) is 0.819. The number of H-pyrrole nitrogens is 1. The van der Waals surface area contributed by atoms with E-state index < -0.39 is 12.3 Å². The van der Waals surface area contributed by atoms with Crippen LogP contribution in [-0.2, 0) is 11.2 Å². The van der Waals surface area contributed by atoms with Crippen LogP contribution in [-0.4, -0.2) is 28.8 Å². The predicted molar refractivity (Wildman–Crippen MR) is 41.3 cm³/mol. The minimum Gasteiger partial charge on any atom is -0.351 e. The lowest BCUT2D eigenvalue weighted by molar-refractivity contribution is -0.131. The standard InChI is InChI=1S/C7H9F2N3O/c8-6(9)7(13)11-2-1-5-3-10-4-12-5/h3-4,6H,1-2H2,(H,10,12)(H,11,13). The first kappa shape index (κ1) is 9.63. The molecule has 1 heterocycles. The molecule has 0 atom stereocenters. The summed E-state index contributed by atoms with van der Waals surface area (Å²) in [7, 11) is 0. The van der Waals surface area contributed by atoms with Crippen LogP contribution in [0.15, 0.2) is 12.5 Å². The molecule has 0 saturated heterocycles. The fourth-order valence-corrected chi connectivity index (χ4v) is 0.819. The van der Waals surface area contributed by atoms with Gasteiger partial charge >= 0.3 is 6.43 Å². The molecule has 0 spiro atoms. The molecule has 1 aromatic rings. The van der Waals surface area contributed by atoms with E-state index in [9.17, 15) is 13.6 Å². The summed E-state index contributed by atoms with van der Waals surface area (Å²) in [5.41, 5.74) is 0.801. The molecule has 0 aliphatic carbocycles. The summed E-state index contributed by atoms with van der Waals surface area (Å²) < 4.78 is 23.3. The number of hydrogen-bond acceptors (Lipinski definition) is 2. The van der Waals surface area contributed by atoms with Crippen LogP contribution < -0.4 is 5.32 Å². The molecule has 4 nitrogen and oxygen atoms in total. The number of carbonyl (C=O) groups excluding carboxylic acids is 1. The number of carbonyl (C=O) groups is 1. The predicted octanol–water partition coefficient (Wildman–Crippen LogP) is 0.333. The van der Waals surface area contributed by atoms with E-state index in [1.165, 1.54) is 6.33 Å². The van der Waals surface area contributed by atoms with E-state index in [1.807, 2.05) is 0 Å². The maximum absolute atomic E-state index is 11.7. The molecular formula is C7H9F2N3O. The number of hydrogen-bond donors (Lipinski definition) is 2. The number of aromatic nitrogens is 2. The first-order valence-corrected chi connectivity index (χ1v) is 3.73. The second kappa shape index (κ2) is 4.54. The molecular weight excluding hydrogens is 180 g/mol. The average molecular weight is 189 g/mol. The Morgan fingerprint density at radius 3 is 3.00 bits per heavy atom. The SMILES string of the molecule is O=C(NCCc1cnc[nH]1)C(F)F. The van der Waals surface area contributed by atoms with Crippen LogP contribution in [0, 0.1) is 0 Å². The van der Waals surface area contributed by atoms with Gasteiger partial charge in [-0.05, 0) is 0 Å². The Balaban J connectivity index is 2.18. The van der Waals surface area contributed by atoms with Crippen molar-refractivity contribution < 1.29 is 13.6 Å². The van der Waals surface area contributed by atoms with Crippen molar-refractivity contribution in [1.82, 2.24) is 15.3 Å². The third-order valence-electron chi connectivity index (χ3n) is 1.45. The van der Waals surface area contributed by atoms with Gasteiger partial charge in [0.25, 0.3) is 5.91 Å². The van der Waals surface area contributed by atoms with Gasteiger partial charge in [0.2, 0.25) is 0 Å². The van der Waals surface area contributed by atoms with E-state index >= 15 is 0 Å². The molecule has 1 rings (SSSR count). The summed E-state index contributed by atoms with van der Waals surface area (Å²) in [6, 6.07) is 0. The summed E-state index contributed by atoms with van der Waals surface area (Å²) in [6.45, 7) is 0.186. The van der Waals surface area contributed by atoms with Crippen molar-refractivity contribution in [3.63, 3.8) is 0 Å². The normalized spacial score (nSPS) is 10.4. The molecule has 0 aliphatic heterocycles. The molecule has 6 heteroatoms. The lowest BCUT2D eigenvalue weighted by Gasteiger charge is -2.01. The zero-order chi connectivity index (χ0) is 9.68. The summed E-state index contributed by atoms with van der Waals surface area (Å²) in [4.78, 5) is 16.9. The van der Waals surface area contributed by atoms with E-state index in [1.54, 1.807) is 6.20 Å². The van der Waals surface area contributed by atoms with E-state index in [2.05, 4.69) is 15.3 Å². The number of nitrogens with one attached hydrogen (secondary N) is 2. The number of imidazole rings is 1. The molecule has 72 valence electrons. The minimum atomic E-state index is -2.94. The van der Waals surface area contributed by atoms with Gasteiger partial charge in [-0.3, -0.25) is 4.79 Å². The molecule has 0 aliphatic rings. The van der Waals surface area contributed by atoms with Crippen molar-refractivity contribution in [2.75, 3.05) is 6.54 Å². The van der Waals surface area contributed by atoms with E-state index in [4.69, 9.17) is 0 Å². The van der Waals surface area contributed by atoms with Gasteiger partial charge < -0.3 is 10.3 Å². The molecule has 1 amide bonds. The van der Waals surface area contributed by atoms with E-state index in [-0.39, 0.29) is 6.54 Å². The number of alkyl halides is 2. The summed E-state index contributed by atoms with van der Waals surface area (Å²) in [5, 5.41) is 2.08. The highest BCUT2D eigenvalue weighted by atomic mass is 19.3. The first-order chi connectivity index (χ1) is 6.20.